The predicted molar refractivity (Wildman–Crippen MR) is 81.8 cm³/mol. The second-order valence-corrected chi connectivity index (χ2v) is 6.64. The van der Waals surface area contributed by atoms with Gasteiger partial charge in [0.1, 0.15) is 6.10 Å². The zero-order valence-electron chi connectivity index (χ0n) is 13.4. The van der Waals surface area contributed by atoms with Crippen LogP contribution in [0.2, 0.25) is 0 Å². The summed E-state index contributed by atoms with van der Waals surface area (Å²) in [7, 11) is 0. The van der Waals surface area contributed by atoms with E-state index in [-0.39, 0.29) is 24.3 Å². The number of likely N-dealkylation sites (tertiary alicyclic amines) is 1. The van der Waals surface area contributed by atoms with Gasteiger partial charge >= 0.3 is 12.2 Å². The number of hydrogen-bond acceptors (Lipinski definition) is 4. The van der Waals surface area contributed by atoms with E-state index in [0.29, 0.717) is 19.4 Å². The third-order valence-electron chi connectivity index (χ3n) is 3.77. The predicted octanol–water partition coefficient (Wildman–Crippen LogP) is 3.13. The first-order valence-corrected chi connectivity index (χ1v) is 8.09. The molecule has 0 aromatic carbocycles. The highest BCUT2D eigenvalue weighted by atomic mass is 35.5. The number of piperidine rings is 1. The molecule has 1 saturated heterocycles. The molecule has 1 aromatic heterocycles. The molecule has 0 saturated carbocycles. The number of hydrogen-bond donors (Lipinski definition) is 0. The van der Waals surface area contributed by atoms with Crippen molar-refractivity contribution in [3.8, 4) is 6.01 Å². The highest BCUT2D eigenvalue weighted by Crippen LogP contribution is 2.29. The quantitative estimate of drug-likeness (QED) is 0.769. The Bertz CT molecular complexity index is 596. The fourth-order valence-corrected chi connectivity index (χ4v) is 2.52. The van der Waals surface area contributed by atoms with Gasteiger partial charge in [-0.15, -0.1) is 11.6 Å². The van der Waals surface area contributed by atoms with Gasteiger partial charge in [0.2, 0.25) is 5.91 Å². The van der Waals surface area contributed by atoms with Gasteiger partial charge in [0.15, 0.2) is 5.69 Å². The maximum Gasteiger partial charge on any atom is 0.433 e. The van der Waals surface area contributed by atoms with Gasteiger partial charge in [-0.2, -0.15) is 18.2 Å². The van der Waals surface area contributed by atoms with Crippen LogP contribution in [0.4, 0.5) is 13.2 Å². The molecule has 2 heterocycles. The number of nitrogens with zero attached hydrogens (tertiary/aromatic N) is 3. The smallest absolute Gasteiger partial charge is 0.433 e. The van der Waals surface area contributed by atoms with E-state index in [2.05, 4.69) is 9.97 Å². The number of aromatic nitrogens is 2. The first kappa shape index (κ1) is 18.8. The van der Waals surface area contributed by atoms with Crippen LogP contribution in [0.15, 0.2) is 12.3 Å². The van der Waals surface area contributed by atoms with Crippen molar-refractivity contribution in [2.75, 3.05) is 19.0 Å². The summed E-state index contributed by atoms with van der Waals surface area (Å²) >= 11 is 5.83. The Kier molecular flexibility index (Phi) is 5.57. The minimum absolute atomic E-state index is 0.101. The topological polar surface area (TPSA) is 55.3 Å². The zero-order chi connectivity index (χ0) is 18.0. The van der Waals surface area contributed by atoms with Crippen LogP contribution in [-0.4, -0.2) is 45.8 Å². The lowest BCUT2D eigenvalue weighted by Crippen LogP contribution is -2.49. The van der Waals surface area contributed by atoms with E-state index in [1.807, 2.05) is 0 Å². The van der Waals surface area contributed by atoms with Crippen molar-refractivity contribution in [3.05, 3.63) is 18.0 Å². The van der Waals surface area contributed by atoms with Gasteiger partial charge in [-0.3, -0.25) is 4.79 Å². The summed E-state index contributed by atoms with van der Waals surface area (Å²) in [5.41, 5.74) is -1.75. The van der Waals surface area contributed by atoms with Crippen molar-refractivity contribution in [2.24, 2.45) is 5.41 Å². The number of ether oxygens (including phenoxy) is 1. The SMILES string of the molecule is CC(C)(CCl)C(=O)N1CCCC(Oc2nccc(C(F)(F)F)n2)C1. The lowest BCUT2D eigenvalue weighted by molar-refractivity contribution is -0.142. The lowest BCUT2D eigenvalue weighted by atomic mass is 9.93. The molecule has 0 bridgehead atoms. The molecule has 0 radical (unpaired) electrons. The summed E-state index contributed by atoms with van der Waals surface area (Å²) in [6.45, 7) is 4.35. The second-order valence-electron chi connectivity index (χ2n) is 6.37. The van der Waals surface area contributed by atoms with E-state index in [1.165, 1.54) is 0 Å². The van der Waals surface area contributed by atoms with Crippen LogP contribution in [0.25, 0.3) is 0 Å². The largest absolute Gasteiger partial charge is 0.458 e. The minimum Gasteiger partial charge on any atom is -0.458 e. The molecule has 0 N–H and O–H groups in total. The molecular formula is C15H19ClF3N3O2. The number of amides is 1. The maximum absolute atomic E-state index is 12.7. The van der Waals surface area contributed by atoms with Crippen molar-refractivity contribution in [3.63, 3.8) is 0 Å². The third kappa shape index (κ3) is 4.49. The molecular weight excluding hydrogens is 347 g/mol. The summed E-state index contributed by atoms with van der Waals surface area (Å²) in [6, 6.07) is 0.452. The molecule has 0 spiro atoms. The van der Waals surface area contributed by atoms with Crippen LogP contribution in [0.3, 0.4) is 0 Å². The third-order valence-corrected chi connectivity index (χ3v) is 4.44. The standard InChI is InChI=1S/C15H19ClF3N3O2/c1-14(2,9-16)12(23)22-7-3-4-10(8-22)24-13-20-6-5-11(21-13)15(17,18)19/h5-6,10H,3-4,7-9H2,1-2H3. The summed E-state index contributed by atoms with van der Waals surface area (Å²) in [5, 5.41) is 0. The van der Waals surface area contributed by atoms with Gasteiger partial charge in [0.05, 0.1) is 12.0 Å². The summed E-state index contributed by atoms with van der Waals surface area (Å²) in [6.07, 6.45) is -2.69. The van der Waals surface area contributed by atoms with Crippen LogP contribution in [0.5, 0.6) is 6.01 Å². The fraction of sp³-hybridized carbons (Fsp3) is 0.667. The molecule has 1 unspecified atom stereocenters. The fourth-order valence-electron chi connectivity index (χ4n) is 2.41. The van der Waals surface area contributed by atoms with Crippen molar-refractivity contribution in [2.45, 2.75) is 39.0 Å². The van der Waals surface area contributed by atoms with Gasteiger partial charge in [0.25, 0.3) is 0 Å². The number of alkyl halides is 4. The summed E-state index contributed by atoms with van der Waals surface area (Å²) < 4.78 is 43.5. The van der Waals surface area contributed by atoms with Crippen LogP contribution < -0.4 is 4.74 Å². The van der Waals surface area contributed by atoms with Gasteiger partial charge in [-0.1, -0.05) is 0 Å². The van der Waals surface area contributed by atoms with Gasteiger partial charge in [0, 0.05) is 18.6 Å². The Hall–Kier alpha value is -1.57. The molecule has 2 rings (SSSR count). The molecule has 1 fully saturated rings. The van der Waals surface area contributed by atoms with E-state index < -0.39 is 23.4 Å². The number of rotatable bonds is 4. The van der Waals surface area contributed by atoms with E-state index >= 15 is 0 Å². The van der Waals surface area contributed by atoms with Gasteiger partial charge in [-0.25, -0.2) is 4.98 Å². The maximum atomic E-state index is 12.7. The summed E-state index contributed by atoms with van der Waals surface area (Å²) in [5.74, 6) is 0.0840. The van der Waals surface area contributed by atoms with Crippen LogP contribution in [-0.2, 0) is 11.0 Å². The average molecular weight is 366 g/mol. The van der Waals surface area contributed by atoms with Gasteiger partial charge < -0.3 is 9.64 Å². The Morgan fingerprint density at radius 3 is 2.79 bits per heavy atom. The van der Waals surface area contributed by atoms with E-state index in [0.717, 1.165) is 12.3 Å². The highest BCUT2D eigenvalue weighted by molar-refractivity contribution is 6.19. The molecule has 1 amide bonds. The molecule has 5 nitrogen and oxygen atoms in total. The number of halogens is 4. The van der Waals surface area contributed by atoms with Gasteiger partial charge in [-0.05, 0) is 32.8 Å². The Labute approximate surface area is 143 Å². The Morgan fingerprint density at radius 1 is 1.46 bits per heavy atom. The number of carbonyl (C=O) groups is 1. The first-order chi connectivity index (χ1) is 11.1. The van der Waals surface area contributed by atoms with Crippen molar-refractivity contribution in [1.82, 2.24) is 14.9 Å². The second kappa shape index (κ2) is 7.13. The molecule has 1 aliphatic heterocycles. The highest BCUT2D eigenvalue weighted by Gasteiger charge is 2.35. The van der Waals surface area contributed by atoms with Crippen LogP contribution in [0.1, 0.15) is 32.4 Å². The van der Waals surface area contributed by atoms with Crippen LogP contribution >= 0.6 is 11.6 Å². The minimum atomic E-state index is -4.56. The summed E-state index contributed by atoms with van der Waals surface area (Å²) in [4.78, 5) is 21.2. The normalized spacial score (nSPS) is 19.2. The monoisotopic (exact) mass is 365 g/mol. The number of carbonyl (C=O) groups excluding carboxylic acids is 1. The molecule has 0 aliphatic carbocycles. The average Bonchev–Trinajstić information content (AvgIpc) is 2.54. The van der Waals surface area contributed by atoms with E-state index in [4.69, 9.17) is 16.3 Å². The van der Waals surface area contributed by atoms with E-state index in [9.17, 15) is 18.0 Å². The lowest BCUT2D eigenvalue weighted by Gasteiger charge is -2.36. The molecule has 1 atom stereocenters. The Balaban J connectivity index is 2.05. The molecule has 1 aliphatic rings. The van der Waals surface area contributed by atoms with Crippen molar-refractivity contribution >= 4 is 17.5 Å². The zero-order valence-corrected chi connectivity index (χ0v) is 14.2. The Morgan fingerprint density at radius 2 is 2.17 bits per heavy atom. The van der Waals surface area contributed by atoms with Crippen molar-refractivity contribution < 1.29 is 22.7 Å². The molecule has 24 heavy (non-hydrogen) atoms. The van der Waals surface area contributed by atoms with E-state index in [1.54, 1.807) is 18.7 Å². The van der Waals surface area contributed by atoms with Crippen LogP contribution in [0, 0.1) is 5.41 Å². The molecule has 9 heteroatoms. The molecule has 134 valence electrons. The molecule has 1 aromatic rings. The first-order valence-electron chi connectivity index (χ1n) is 7.56. The van der Waals surface area contributed by atoms with Crippen molar-refractivity contribution in [1.29, 1.82) is 0 Å².